The number of hydrogen-bond acceptors (Lipinski definition) is 4. The fraction of sp³-hybridized carbons (Fsp3) is 0.571. The molecule has 1 aromatic rings. The first-order valence-electron chi connectivity index (χ1n) is 6.90. The Bertz CT molecular complexity index is 477. The predicted octanol–water partition coefficient (Wildman–Crippen LogP) is 3.10. The van der Waals surface area contributed by atoms with Gasteiger partial charge in [-0.15, -0.1) is 12.4 Å². The molecule has 0 radical (unpaired) electrons. The molecule has 0 saturated carbocycles. The second kappa shape index (κ2) is 8.54. The second-order valence-electron chi connectivity index (χ2n) is 5.32. The summed E-state index contributed by atoms with van der Waals surface area (Å²) in [6, 6.07) is 4.99. The minimum atomic E-state index is -0.449. The number of benzene rings is 1. The SMILES string of the molecule is CNCC1CCN(Cc2ccc([N+](=O)[O-])c(Cl)c2)CC1.Cl. The smallest absolute Gasteiger partial charge is 0.287 e. The number of likely N-dealkylation sites (tertiary alicyclic amines) is 1. The van der Waals surface area contributed by atoms with Crippen LogP contribution in [-0.4, -0.2) is 36.5 Å². The first kappa shape index (κ1) is 18.2. The summed E-state index contributed by atoms with van der Waals surface area (Å²) >= 11 is 5.94. The van der Waals surface area contributed by atoms with Gasteiger partial charge in [0.1, 0.15) is 5.02 Å². The summed E-state index contributed by atoms with van der Waals surface area (Å²) < 4.78 is 0. The van der Waals surface area contributed by atoms with Gasteiger partial charge < -0.3 is 5.32 Å². The highest BCUT2D eigenvalue weighted by atomic mass is 35.5. The minimum absolute atomic E-state index is 0. The van der Waals surface area contributed by atoms with E-state index in [2.05, 4.69) is 10.2 Å². The van der Waals surface area contributed by atoms with Gasteiger partial charge >= 0.3 is 0 Å². The van der Waals surface area contributed by atoms with Crippen LogP contribution in [0.4, 0.5) is 5.69 Å². The highest BCUT2D eigenvalue weighted by Crippen LogP contribution is 2.26. The van der Waals surface area contributed by atoms with Crippen LogP contribution < -0.4 is 5.32 Å². The Morgan fingerprint density at radius 3 is 2.62 bits per heavy atom. The van der Waals surface area contributed by atoms with Crippen LogP contribution in [0.5, 0.6) is 0 Å². The molecule has 21 heavy (non-hydrogen) atoms. The van der Waals surface area contributed by atoms with E-state index in [1.165, 1.54) is 18.9 Å². The van der Waals surface area contributed by atoms with Crippen molar-refractivity contribution in [1.29, 1.82) is 0 Å². The molecule has 1 aliphatic rings. The van der Waals surface area contributed by atoms with Crippen molar-refractivity contribution in [2.45, 2.75) is 19.4 Å². The van der Waals surface area contributed by atoms with Crippen molar-refractivity contribution in [3.8, 4) is 0 Å². The van der Waals surface area contributed by atoms with Crippen molar-refractivity contribution < 1.29 is 4.92 Å². The van der Waals surface area contributed by atoms with E-state index in [0.717, 1.165) is 37.7 Å². The van der Waals surface area contributed by atoms with Crippen LogP contribution in [0.3, 0.4) is 0 Å². The average Bonchev–Trinajstić information content (AvgIpc) is 2.41. The van der Waals surface area contributed by atoms with Crippen molar-refractivity contribution in [1.82, 2.24) is 10.2 Å². The topological polar surface area (TPSA) is 58.4 Å². The monoisotopic (exact) mass is 333 g/mol. The molecule has 2 rings (SSSR count). The number of nitrogens with one attached hydrogen (secondary N) is 1. The Balaban J connectivity index is 0.00000220. The molecule has 0 bridgehead atoms. The molecule has 0 aromatic heterocycles. The van der Waals surface area contributed by atoms with Gasteiger partial charge in [-0.3, -0.25) is 15.0 Å². The van der Waals surface area contributed by atoms with Crippen molar-refractivity contribution in [3.63, 3.8) is 0 Å². The molecular formula is C14H21Cl2N3O2. The van der Waals surface area contributed by atoms with Crippen molar-refractivity contribution in [2.24, 2.45) is 5.92 Å². The number of piperidine rings is 1. The summed E-state index contributed by atoms with van der Waals surface area (Å²) in [6.07, 6.45) is 2.39. The zero-order chi connectivity index (χ0) is 14.5. The van der Waals surface area contributed by atoms with E-state index in [9.17, 15) is 10.1 Å². The lowest BCUT2D eigenvalue weighted by atomic mass is 9.96. The standard InChI is InChI=1S/C14H20ClN3O2.ClH/c1-16-9-11-4-6-17(7-5-11)10-12-2-3-14(18(19)20)13(15)8-12;/h2-3,8,11,16H,4-7,9-10H2,1H3;1H. The Hall–Kier alpha value is -0.880. The molecule has 1 N–H and O–H groups in total. The van der Waals surface area contributed by atoms with E-state index >= 15 is 0 Å². The van der Waals surface area contributed by atoms with Crippen LogP contribution >= 0.6 is 24.0 Å². The summed E-state index contributed by atoms with van der Waals surface area (Å²) in [4.78, 5) is 12.7. The molecule has 1 aliphatic heterocycles. The molecule has 0 unspecified atom stereocenters. The lowest BCUT2D eigenvalue weighted by Crippen LogP contribution is -2.36. The Labute approximate surface area is 136 Å². The van der Waals surface area contributed by atoms with Crippen molar-refractivity contribution >= 4 is 29.7 Å². The van der Waals surface area contributed by atoms with Gasteiger partial charge in [0.15, 0.2) is 0 Å². The van der Waals surface area contributed by atoms with E-state index in [1.54, 1.807) is 12.1 Å². The van der Waals surface area contributed by atoms with Gasteiger partial charge in [0.2, 0.25) is 0 Å². The molecule has 1 fully saturated rings. The van der Waals surface area contributed by atoms with E-state index < -0.39 is 4.92 Å². The lowest BCUT2D eigenvalue weighted by Gasteiger charge is -2.31. The maximum atomic E-state index is 10.7. The van der Waals surface area contributed by atoms with Gasteiger partial charge in [-0.05, 0) is 57.1 Å². The van der Waals surface area contributed by atoms with Gasteiger partial charge in [-0.2, -0.15) is 0 Å². The first-order valence-corrected chi connectivity index (χ1v) is 7.27. The number of nitro benzene ring substituents is 1. The molecule has 1 saturated heterocycles. The molecule has 0 aliphatic carbocycles. The molecular weight excluding hydrogens is 313 g/mol. The van der Waals surface area contributed by atoms with Gasteiger partial charge in [0.25, 0.3) is 5.69 Å². The third-order valence-electron chi connectivity index (χ3n) is 3.81. The summed E-state index contributed by atoms with van der Waals surface area (Å²) in [5.74, 6) is 0.761. The van der Waals surface area contributed by atoms with Crippen LogP contribution in [0, 0.1) is 16.0 Å². The maximum Gasteiger partial charge on any atom is 0.287 e. The average molecular weight is 334 g/mol. The Morgan fingerprint density at radius 2 is 2.10 bits per heavy atom. The van der Waals surface area contributed by atoms with Gasteiger partial charge in [-0.1, -0.05) is 17.7 Å². The van der Waals surface area contributed by atoms with E-state index in [-0.39, 0.29) is 23.1 Å². The Kier molecular flexibility index (Phi) is 7.39. The minimum Gasteiger partial charge on any atom is -0.319 e. The van der Waals surface area contributed by atoms with Crippen LogP contribution in [-0.2, 0) is 6.54 Å². The van der Waals surface area contributed by atoms with Gasteiger partial charge in [-0.25, -0.2) is 0 Å². The normalized spacial score (nSPS) is 16.5. The molecule has 0 spiro atoms. The number of nitrogens with zero attached hydrogens (tertiary/aromatic N) is 2. The second-order valence-corrected chi connectivity index (χ2v) is 5.73. The third kappa shape index (κ3) is 5.11. The highest BCUT2D eigenvalue weighted by Gasteiger charge is 2.19. The first-order chi connectivity index (χ1) is 9.60. The zero-order valence-corrected chi connectivity index (χ0v) is 13.6. The van der Waals surface area contributed by atoms with E-state index in [4.69, 9.17) is 11.6 Å². The van der Waals surface area contributed by atoms with Crippen molar-refractivity contribution in [2.75, 3.05) is 26.7 Å². The molecule has 5 nitrogen and oxygen atoms in total. The largest absolute Gasteiger partial charge is 0.319 e. The van der Waals surface area contributed by atoms with Crippen LogP contribution in [0.15, 0.2) is 18.2 Å². The quantitative estimate of drug-likeness (QED) is 0.664. The van der Waals surface area contributed by atoms with Crippen LogP contribution in [0.1, 0.15) is 18.4 Å². The fourth-order valence-electron chi connectivity index (χ4n) is 2.69. The molecule has 0 atom stereocenters. The molecule has 0 amide bonds. The molecule has 7 heteroatoms. The predicted molar refractivity (Wildman–Crippen MR) is 87.3 cm³/mol. The van der Waals surface area contributed by atoms with Crippen LogP contribution in [0.25, 0.3) is 0 Å². The number of rotatable bonds is 5. The summed E-state index contributed by atoms with van der Waals surface area (Å²) in [5, 5.41) is 14.2. The number of nitro groups is 1. The summed E-state index contributed by atoms with van der Waals surface area (Å²) in [5.41, 5.74) is 1.01. The van der Waals surface area contributed by atoms with Gasteiger partial charge in [0.05, 0.1) is 4.92 Å². The highest BCUT2D eigenvalue weighted by molar-refractivity contribution is 6.32. The summed E-state index contributed by atoms with van der Waals surface area (Å²) in [7, 11) is 1.99. The van der Waals surface area contributed by atoms with Gasteiger partial charge in [0, 0.05) is 12.6 Å². The van der Waals surface area contributed by atoms with E-state index in [1.807, 2.05) is 7.05 Å². The molecule has 1 heterocycles. The maximum absolute atomic E-state index is 10.7. The van der Waals surface area contributed by atoms with Crippen LogP contribution in [0.2, 0.25) is 5.02 Å². The van der Waals surface area contributed by atoms with Crippen molar-refractivity contribution in [3.05, 3.63) is 38.9 Å². The number of hydrogen-bond donors (Lipinski definition) is 1. The lowest BCUT2D eigenvalue weighted by molar-refractivity contribution is -0.384. The fourth-order valence-corrected chi connectivity index (χ4v) is 2.96. The number of halogens is 2. The molecule has 118 valence electrons. The third-order valence-corrected chi connectivity index (χ3v) is 4.12. The van der Waals surface area contributed by atoms with E-state index in [0.29, 0.717) is 0 Å². The Morgan fingerprint density at radius 1 is 1.43 bits per heavy atom. The molecule has 1 aromatic carbocycles. The summed E-state index contributed by atoms with van der Waals surface area (Å²) in [6.45, 7) is 4.03. The zero-order valence-electron chi connectivity index (χ0n) is 12.0.